The Bertz CT molecular complexity index is 564. The number of ether oxygens (including phenoxy) is 1. The van der Waals surface area contributed by atoms with Crippen LogP contribution in [0.2, 0.25) is 0 Å². The molecule has 0 aliphatic heterocycles. The number of primary amides is 1. The molecule has 0 spiro atoms. The molecule has 2 rings (SSSR count). The van der Waals surface area contributed by atoms with Crippen molar-refractivity contribution in [3.05, 3.63) is 22.9 Å². The Morgan fingerprint density at radius 3 is 2.50 bits per heavy atom. The molecule has 1 aliphatic rings. The zero-order valence-corrected chi connectivity index (χ0v) is 13.2. The first kappa shape index (κ1) is 16.6. The maximum Gasteiger partial charge on any atom is 0.267 e. The summed E-state index contributed by atoms with van der Waals surface area (Å²) in [7, 11) is 0. The Kier molecular flexibility index (Phi) is 4.68. The Balaban J connectivity index is 2.37. The van der Waals surface area contributed by atoms with E-state index in [1.165, 1.54) is 0 Å². The molecule has 1 heterocycles. The second-order valence-electron chi connectivity index (χ2n) is 6.18. The first-order chi connectivity index (χ1) is 10.2. The maximum absolute atomic E-state index is 13.3. The van der Waals surface area contributed by atoms with Crippen molar-refractivity contribution in [1.29, 1.82) is 0 Å². The SMILES string of the molecule is Cc1c(C2CCC(F)(F)CC2)cc(OC(C)C)nc1C(N)=O. The van der Waals surface area contributed by atoms with Gasteiger partial charge < -0.3 is 10.5 Å². The molecule has 0 aromatic carbocycles. The van der Waals surface area contributed by atoms with Gasteiger partial charge in [0.25, 0.3) is 5.91 Å². The zero-order valence-electron chi connectivity index (χ0n) is 13.2. The van der Waals surface area contributed by atoms with Crippen molar-refractivity contribution in [2.45, 2.75) is 64.4 Å². The quantitative estimate of drug-likeness (QED) is 0.924. The van der Waals surface area contributed by atoms with E-state index in [9.17, 15) is 13.6 Å². The first-order valence-electron chi connectivity index (χ1n) is 7.55. The van der Waals surface area contributed by atoms with Crippen LogP contribution in [0.3, 0.4) is 0 Å². The number of pyridine rings is 1. The van der Waals surface area contributed by atoms with E-state index in [1.54, 1.807) is 13.0 Å². The predicted molar refractivity (Wildman–Crippen MR) is 79.4 cm³/mol. The lowest BCUT2D eigenvalue weighted by Crippen LogP contribution is -2.25. The van der Waals surface area contributed by atoms with Gasteiger partial charge in [-0.05, 0) is 50.7 Å². The maximum atomic E-state index is 13.3. The first-order valence-corrected chi connectivity index (χ1v) is 7.55. The number of rotatable bonds is 4. The van der Waals surface area contributed by atoms with Crippen LogP contribution < -0.4 is 10.5 Å². The normalized spacial score (nSPS) is 18.5. The van der Waals surface area contributed by atoms with E-state index in [1.807, 2.05) is 13.8 Å². The van der Waals surface area contributed by atoms with E-state index in [-0.39, 0.29) is 30.6 Å². The largest absolute Gasteiger partial charge is 0.475 e. The minimum absolute atomic E-state index is 0.0183. The summed E-state index contributed by atoms with van der Waals surface area (Å²) in [4.78, 5) is 15.7. The van der Waals surface area contributed by atoms with Crippen molar-refractivity contribution < 1.29 is 18.3 Å². The van der Waals surface area contributed by atoms with Crippen molar-refractivity contribution >= 4 is 5.91 Å². The van der Waals surface area contributed by atoms with Crippen LogP contribution in [0, 0.1) is 6.92 Å². The Morgan fingerprint density at radius 2 is 2.00 bits per heavy atom. The fourth-order valence-corrected chi connectivity index (χ4v) is 2.92. The van der Waals surface area contributed by atoms with E-state index in [4.69, 9.17) is 10.5 Å². The van der Waals surface area contributed by atoms with Gasteiger partial charge in [0.15, 0.2) is 0 Å². The minimum atomic E-state index is -2.58. The molecule has 1 amide bonds. The molecule has 1 aliphatic carbocycles. The van der Waals surface area contributed by atoms with Gasteiger partial charge in [-0.15, -0.1) is 0 Å². The number of nitrogens with zero attached hydrogens (tertiary/aromatic N) is 1. The molecule has 0 saturated heterocycles. The smallest absolute Gasteiger partial charge is 0.267 e. The number of nitrogens with two attached hydrogens (primary N) is 1. The highest BCUT2D eigenvalue weighted by atomic mass is 19.3. The molecule has 2 N–H and O–H groups in total. The number of amides is 1. The third kappa shape index (κ3) is 3.72. The van der Waals surface area contributed by atoms with Gasteiger partial charge in [0.05, 0.1) is 6.10 Å². The number of hydrogen-bond acceptors (Lipinski definition) is 3. The van der Waals surface area contributed by atoms with Crippen LogP contribution in [0.5, 0.6) is 5.88 Å². The van der Waals surface area contributed by atoms with E-state index in [0.717, 1.165) is 5.56 Å². The molecule has 0 atom stereocenters. The van der Waals surface area contributed by atoms with Crippen molar-refractivity contribution in [2.75, 3.05) is 0 Å². The van der Waals surface area contributed by atoms with Gasteiger partial charge >= 0.3 is 0 Å². The van der Waals surface area contributed by atoms with Crippen molar-refractivity contribution in [1.82, 2.24) is 4.98 Å². The number of halogens is 2. The van der Waals surface area contributed by atoms with Gasteiger partial charge in [-0.3, -0.25) is 4.79 Å². The van der Waals surface area contributed by atoms with Gasteiger partial charge in [-0.25, -0.2) is 13.8 Å². The number of carbonyl (C=O) groups is 1. The lowest BCUT2D eigenvalue weighted by atomic mass is 9.80. The topological polar surface area (TPSA) is 65.2 Å². The third-order valence-corrected chi connectivity index (χ3v) is 4.04. The van der Waals surface area contributed by atoms with Crippen LogP contribution in [0.4, 0.5) is 8.78 Å². The van der Waals surface area contributed by atoms with E-state index < -0.39 is 11.8 Å². The van der Waals surface area contributed by atoms with Crippen LogP contribution in [-0.2, 0) is 0 Å². The summed E-state index contributed by atoms with van der Waals surface area (Å²) in [5.74, 6) is -2.91. The minimum Gasteiger partial charge on any atom is -0.475 e. The Hall–Kier alpha value is -1.72. The highest BCUT2D eigenvalue weighted by Gasteiger charge is 2.36. The summed E-state index contributed by atoms with van der Waals surface area (Å²) in [6, 6.07) is 1.76. The lowest BCUT2D eigenvalue weighted by molar-refractivity contribution is -0.0382. The standard InChI is InChI=1S/C16H22F2N2O2/c1-9(2)22-13-8-12(10(3)14(20-13)15(19)21)11-4-6-16(17,18)7-5-11/h8-9,11H,4-7H2,1-3H3,(H2,19,21). The number of hydrogen-bond donors (Lipinski definition) is 1. The molecular weight excluding hydrogens is 290 g/mol. The summed E-state index contributed by atoms with van der Waals surface area (Å²) in [5, 5.41) is 0. The summed E-state index contributed by atoms with van der Waals surface area (Å²) in [5.41, 5.74) is 7.04. The van der Waals surface area contributed by atoms with Crippen LogP contribution in [0.15, 0.2) is 6.07 Å². The van der Waals surface area contributed by atoms with Gasteiger partial charge in [-0.2, -0.15) is 0 Å². The molecule has 0 unspecified atom stereocenters. The average molecular weight is 312 g/mol. The molecule has 6 heteroatoms. The van der Waals surface area contributed by atoms with E-state index >= 15 is 0 Å². The molecule has 1 aromatic heterocycles. The summed E-state index contributed by atoms with van der Waals surface area (Å²) in [6.07, 6.45) is 0.408. The van der Waals surface area contributed by atoms with E-state index in [2.05, 4.69) is 4.98 Å². The van der Waals surface area contributed by atoms with Crippen molar-refractivity contribution in [2.24, 2.45) is 5.73 Å². The number of alkyl halides is 2. The lowest BCUT2D eigenvalue weighted by Gasteiger charge is -2.30. The summed E-state index contributed by atoms with van der Waals surface area (Å²) in [6.45, 7) is 5.47. The molecule has 22 heavy (non-hydrogen) atoms. The number of carbonyl (C=O) groups excluding carboxylic acids is 1. The van der Waals surface area contributed by atoms with Gasteiger partial charge in [0.2, 0.25) is 11.8 Å². The fraction of sp³-hybridized carbons (Fsp3) is 0.625. The molecule has 1 saturated carbocycles. The predicted octanol–water partition coefficient (Wildman–Crippen LogP) is 3.57. The van der Waals surface area contributed by atoms with Gasteiger partial charge in [-0.1, -0.05) is 0 Å². The van der Waals surface area contributed by atoms with Crippen LogP contribution >= 0.6 is 0 Å². The monoisotopic (exact) mass is 312 g/mol. The Labute approximate surface area is 129 Å². The third-order valence-electron chi connectivity index (χ3n) is 4.04. The average Bonchev–Trinajstić information content (AvgIpc) is 2.40. The zero-order chi connectivity index (χ0) is 16.5. The van der Waals surface area contributed by atoms with Crippen molar-refractivity contribution in [3.8, 4) is 5.88 Å². The van der Waals surface area contributed by atoms with E-state index in [0.29, 0.717) is 24.3 Å². The van der Waals surface area contributed by atoms with Crippen molar-refractivity contribution in [3.63, 3.8) is 0 Å². The molecule has 122 valence electrons. The molecule has 1 fully saturated rings. The molecule has 0 radical (unpaired) electrons. The van der Waals surface area contributed by atoms with Crippen LogP contribution in [0.25, 0.3) is 0 Å². The number of aromatic nitrogens is 1. The fourth-order valence-electron chi connectivity index (χ4n) is 2.92. The second-order valence-corrected chi connectivity index (χ2v) is 6.18. The summed E-state index contributed by atoms with van der Waals surface area (Å²) >= 11 is 0. The second kappa shape index (κ2) is 6.18. The highest BCUT2D eigenvalue weighted by molar-refractivity contribution is 5.92. The highest BCUT2D eigenvalue weighted by Crippen LogP contribution is 2.42. The molecular formula is C16H22F2N2O2. The van der Waals surface area contributed by atoms with Gasteiger partial charge in [0, 0.05) is 18.9 Å². The molecule has 0 bridgehead atoms. The molecule has 1 aromatic rings. The van der Waals surface area contributed by atoms with Crippen LogP contribution in [-0.4, -0.2) is 22.9 Å². The summed E-state index contributed by atoms with van der Waals surface area (Å²) < 4.78 is 32.2. The molecule has 4 nitrogen and oxygen atoms in total. The Morgan fingerprint density at radius 1 is 1.41 bits per heavy atom. The van der Waals surface area contributed by atoms with Gasteiger partial charge in [0.1, 0.15) is 5.69 Å². The van der Waals surface area contributed by atoms with Crippen LogP contribution in [0.1, 0.15) is 67.1 Å².